The van der Waals surface area contributed by atoms with Gasteiger partial charge in [0.2, 0.25) is 5.91 Å². The number of carbonyl (C=O) groups excluding carboxylic acids is 1. The van der Waals surface area contributed by atoms with Gasteiger partial charge in [-0.25, -0.2) is 4.98 Å². The lowest BCUT2D eigenvalue weighted by Gasteiger charge is -2.55. The first-order valence-corrected chi connectivity index (χ1v) is 11.1. The highest BCUT2D eigenvalue weighted by atomic mass is 19.4. The van der Waals surface area contributed by atoms with Crippen LogP contribution >= 0.6 is 0 Å². The lowest BCUT2D eigenvalue weighted by Crippen LogP contribution is -2.62. The number of nitrogens with zero attached hydrogens (tertiary/aromatic N) is 3. The molecule has 0 bridgehead atoms. The highest BCUT2D eigenvalue weighted by Gasteiger charge is 2.51. The lowest BCUT2D eigenvalue weighted by molar-refractivity contribution is -0.163. The molecule has 1 amide bonds. The van der Waals surface area contributed by atoms with Gasteiger partial charge in [-0.3, -0.25) is 4.79 Å². The smallest absolute Gasteiger partial charge is 0.390 e. The molecule has 8 heteroatoms. The van der Waals surface area contributed by atoms with Gasteiger partial charge in [0, 0.05) is 47.6 Å². The van der Waals surface area contributed by atoms with Crippen molar-refractivity contribution in [2.75, 3.05) is 13.1 Å². The third-order valence-corrected chi connectivity index (χ3v) is 7.53. The highest BCUT2D eigenvalue weighted by Crippen LogP contribution is 2.49. The Morgan fingerprint density at radius 1 is 1.19 bits per heavy atom. The Bertz CT molecular complexity index is 989. The van der Waals surface area contributed by atoms with Crippen LogP contribution in [0.2, 0.25) is 0 Å². The third kappa shape index (κ3) is 3.95. The largest absolute Gasteiger partial charge is 0.406 e. The molecule has 0 aromatic carbocycles. The van der Waals surface area contributed by atoms with Crippen molar-refractivity contribution in [1.29, 1.82) is 0 Å². The summed E-state index contributed by atoms with van der Waals surface area (Å²) in [6.07, 6.45) is 2.19. The molecule has 2 saturated carbocycles. The van der Waals surface area contributed by atoms with Gasteiger partial charge >= 0.3 is 6.18 Å². The molecule has 3 aliphatic rings. The maximum atomic E-state index is 12.8. The second kappa shape index (κ2) is 6.95. The van der Waals surface area contributed by atoms with Crippen LogP contribution in [0.4, 0.5) is 13.2 Å². The predicted octanol–water partition coefficient (Wildman–Crippen LogP) is 4.25. The molecule has 1 spiro atoms. The molecule has 1 aliphatic heterocycles. The van der Waals surface area contributed by atoms with Crippen molar-refractivity contribution in [3.8, 4) is 0 Å². The first-order valence-electron chi connectivity index (χ1n) is 11.1. The first kappa shape index (κ1) is 20.8. The number of hydrogen-bond donors (Lipinski definition) is 1. The number of amides is 1. The van der Waals surface area contributed by atoms with Gasteiger partial charge in [0.15, 0.2) is 0 Å². The molecule has 5 nitrogen and oxygen atoms in total. The number of aromatic nitrogens is 2. The number of aliphatic hydroxyl groups is 1. The van der Waals surface area contributed by atoms with E-state index in [1.165, 1.54) is 10.8 Å². The van der Waals surface area contributed by atoms with Crippen LogP contribution < -0.4 is 0 Å². The van der Waals surface area contributed by atoms with Gasteiger partial charge in [0.05, 0.1) is 5.60 Å². The number of halogens is 3. The fourth-order valence-corrected chi connectivity index (χ4v) is 5.82. The number of rotatable bonds is 3. The zero-order valence-corrected chi connectivity index (χ0v) is 17.7. The van der Waals surface area contributed by atoms with Gasteiger partial charge in [-0.2, -0.15) is 13.2 Å². The molecule has 0 radical (unpaired) electrons. The number of alkyl halides is 3. The van der Waals surface area contributed by atoms with E-state index in [1.54, 1.807) is 13.0 Å². The molecule has 2 aromatic heterocycles. The molecular formula is C23H28F3N3O2. The average Bonchev–Trinajstić information content (AvgIpc) is 3.04. The van der Waals surface area contributed by atoms with Crippen molar-refractivity contribution in [2.24, 2.45) is 11.3 Å². The van der Waals surface area contributed by atoms with Gasteiger partial charge in [-0.1, -0.05) is 0 Å². The van der Waals surface area contributed by atoms with E-state index in [4.69, 9.17) is 0 Å². The Morgan fingerprint density at radius 2 is 1.87 bits per heavy atom. The van der Waals surface area contributed by atoms with Crippen molar-refractivity contribution in [1.82, 2.24) is 14.5 Å². The zero-order valence-electron chi connectivity index (χ0n) is 17.7. The standard InChI is InChI=1S/C23H28F3N3O2/c1-21(31)10-17(11-21)20(30)29-12-22(13-29)7-4-15(5-8-22)18-3-2-16-6-9-28(19(16)27-18)14-23(24,25)26/h2-3,6,9,15,17,31H,4-5,7-8,10-14H2,1H3/t17-,21+. The van der Waals surface area contributed by atoms with E-state index in [0.29, 0.717) is 18.5 Å². The molecule has 31 heavy (non-hydrogen) atoms. The molecule has 2 aromatic rings. The quantitative estimate of drug-likeness (QED) is 0.784. The SMILES string of the molecule is C[C@]1(O)C[C@@H](C(=O)N2CC3(CCC(c4ccc5ccn(CC(F)(F)F)c5n4)CC3)C2)C1. The van der Waals surface area contributed by atoms with Crippen LogP contribution in [0, 0.1) is 11.3 Å². The van der Waals surface area contributed by atoms with Gasteiger partial charge in [-0.15, -0.1) is 0 Å². The van der Waals surface area contributed by atoms with Crippen molar-refractivity contribution >= 4 is 16.9 Å². The maximum absolute atomic E-state index is 12.8. The lowest BCUT2D eigenvalue weighted by atomic mass is 9.64. The molecule has 1 saturated heterocycles. The van der Waals surface area contributed by atoms with Crippen LogP contribution in [0.5, 0.6) is 0 Å². The number of pyridine rings is 1. The van der Waals surface area contributed by atoms with E-state index < -0.39 is 18.3 Å². The molecule has 0 unspecified atom stereocenters. The molecule has 3 fully saturated rings. The van der Waals surface area contributed by atoms with E-state index in [9.17, 15) is 23.1 Å². The summed E-state index contributed by atoms with van der Waals surface area (Å²) in [7, 11) is 0. The maximum Gasteiger partial charge on any atom is 0.406 e. The molecule has 2 aliphatic carbocycles. The second-order valence-corrected chi connectivity index (χ2v) is 10.3. The topological polar surface area (TPSA) is 58.4 Å². The fourth-order valence-electron chi connectivity index (χ4n) is 5.82. The van der Waals surface area contributed by atoms with Crippen LogP contribution in [0.15, 0.2) is 24.4 Å². The number of hydrogen-bond acceptors (Lipinski definition) is 3. The summed E-state index contributed by atoms with van der Waals surface area (Å²) in [5.74, 6) is 0.389. The minimum Gasteiger partial charge on any atom is -0.390 e. The second-order valence-electron chi connectivity index (χ2n) is 10.3. The number of carbonyl (C=O) groups is 1. The van der Waals surface area contributed by atoms with E-state index >= 15 is 0 Å². The van der Waals surface area contributed by atoms with E-state index in [2.05, 4.69) is 4.98 Å². The summed E-state index contributed by atoms with van der Waals surface area (Å²) < 4.78 is 39.7. The Morgan fingerprint density at radius 3 is 2.48 bits per heavy atom. The highest BCUT2D eigenvalue weighted by molar-refractivity contribution is 5.81. The summed E-state index contributed by atoms with van der Waals surface area (Å²) in [5, 5.41) is 10.6. The summed E-state index contributed by atoms with van der Waals surface area (Å²) >= 11 is 0. The molecule has 0 atom stereocenters. The van der Waals surface area contributed by atoms with Crippen molar-refractivity contribution in [3.63, 3.8) is 0 Å². The summed E-state index contributed by atoms with van der Waals surface area (Å²) in [4.78, 5) is 19.1. The minimum atomic E-state index is -4.27. The van der Waals surface area contributed by atoms with Crippen LogP contribution in [0.3, 0.4) is 0 Å². The Balaban J connectivity index is 1.20. The van der Waals surface area contributed by atoms with Gasteiger partial charge < -0.3 is 14.6 Å². The van der Waals surface area contributed by atoms with Gasteiger partial charge in [-0.05, 0) is 63.6 Å². The number of likely N-dealkylation sites (tertiary alicyclic amines) is 1. The average molecular weight is 435 g/mol. The van der Waals surface area contributed by atoms with Crippen LogP contribution in [-0.2, 0) is 11.3 Å². The van der Waals surface area contributed by atoms with E-state index in [1.807, 2.05) is 17.0 Å². The molecule has 1 N–H and O–H groups in total. The van der Waals surface area contributed by atoms with Gasteiger partial charge in [0.25, 0.3) is 0 Å². The minimum absolute atomic E-state index is 0.0347. The van der Waals surface area contributed by atoms with Gasteiger partial charge in [0.1, 0.15) is 12.2 Å². The van der Waals surface area contributed by atoms with Crippen LogP contribution in [0.1, 0.15) is 57.1 Å². The first-order chi connectivity index (χ1) is 14.5. The third-order valence-electron chi connectivity index (χ3n) is 7.53. The van der Waals surface area contributed by atoms with Crippen molar-refractivity contribution in [3.05, 3.63) is 30.1 Å². The summed E-state index contributed by atoms with van der Waals surface area (Å²) in [6.45, 7) is 2.33. The zero-order chi connectivity index (χ0) is 22.0. The summed E-state index contributed by atoms with van der Waals surface area (Å²) in [5.41, 5.74) is 0.758. The Hall–Kier alpha value is -2.09. The molecule has 168 valence electrons. The normalized spacial score (nSPS) is 28.5. The molecule has 3 heterocycles. The molecule has 5 rings (SSSR count). The molecular weight excluding hydrogens is 407 g/mol. The Labute approximate surface area is 179 Å². The summed E-state index contributed by atoms with van der Waals surface area (Å²) in [6, 6.07) is 5.49. The Kier molecular flexibility index (Phi) is 4.66. The van der Waals surface area contributed by atoms with Crippen LogP contribution in [-0.4, -0.2) is 50.3 Å². The number of fused-ring (bicyclic) bond motifs is 1. The van der Waals surface area contributed by atoms with Crippen LogP contribution in [0.25, 0.3) is 11.0 Å². The van der Waals surface area contributed by atoms with E-state index in [-0.39, 0.29) is 23.2 Å². The van der Waals surface area contributed by atoms with Crippen molar-refractivity contribution in [2.45, 2.75) is 69.7 Å². The predicted molar refractivity (Wildman–Crippen MR) is 109 cm³/mol. The van der Waals surface area contributed by atoms with Crippen molar-refractivity contribution < 1.29 is 23.1 Å². The fraction of sp³-hybridized carbons (Fsp3) is 0.652. The van der Waals surface area contributed by atoms with E-state index in [0.717, 1.165) is 49.9 Å². The monoisotopic (exact) mass is 435 g/mol.